The molecule has 3 saturated heterocycles. The van der Waals surface area contributed by atoms with Crippen LogP contribution in [0.5, 0.6) is 0 Å². The largest absolute Gasteiger partial charge is 0.347 e. The van der Waals surface area contributed by atoms with Gasteiger partial charge in [0.15, 0.2) is 9.84 Å². The minimum atomic E-state index is -3.33. The molecule has 0 radical (unpaired) electrons. The molecule has 6 rings (SSSR count). The predicted octanol–water partition coefficient (Wildman–Crippen LogP) is 3.27. The van der Waals surface area contributed by atoms with E-state index in [4.69, 9.17) is 0 Å². The molecule has 0 unspecified atom stereocenters. The summed E-state index contributed by atoms with van der Waals surface area (Å²) in [6.45, 7) is 4.55. The van der Waals surface area contributed by atoms with Gasteiger partial charge >= 0.3 is 6.03 Å². The van der Waals surface area contributed by atoms with Crippen LogP contribution in [0.2, 0.25) is 0 Å². The number of urea groups is 1. The summed E-state index contributed by atoms with van der Waals surface area (Å²) in [6.07, 6.45) is 13.6. The van der Waals surface area contributed by atoms with Crippen LogP contribution < -0.4 is 21.3 Å². The van der Waals surface area contributed by atoms with Gasteiger partial charge in [0.2, 0.25) is 17.6 Å². The first-order chi connectivity index (χ1) is 23.3. The second kappa shape index (κ2) is 14.5. The van der Waals surface area contributed by atoms with Gasteiger partial charge in [-0.3, -0.25) is 19.2 Å². The fraction of sp³-hybridized carbons (Fsp3) is 0.861. The fourth-order valence-corrected chi connectivity index (χ4v) is 11.9. The number of ketones is 1. The van der Waals surface area contributed by atoms with E-state index in [0.717, 1.165) is 70.6 Å². The number of carbonyl (C=O) groups is 5. The number of hydrogen-bond acceptors (Lipinski definition) is 7. The van der Waals surface area contributed by atoms with E-state index in [9.17, 15) is 32.4 Å². The van der Waals surface area contributed by atoms with Crippen LogP contribution in [-0.2, 0) is 29.0 Å². The number of nitrogens with one attached hydrogen (secondary N) is 4. The third kappa shape index (κ3) is 7.81. The number of nitrogens with zero attached hydrogens (tertiary/aromatic N) is 1. The van der Waals surface area contributed by atoms with Crippen molar-refractivity contribution in [1.82, 2.24) is 26.2 Å². The third-order valence-corrected chi connectivity index (χ3v) is 15.1. The number of fused-ring (bicyclic) bond motifs is 3. The molecule has 3 aliphatic carbocycles. The van der Waals surface area contributed by atoms with Gasteiger partial charge in [0.05, 0.1) is 22.6 Å². The normalized spacial score (nSPS) is 34.5. The average molecular weight is 704 g/mol. The van der Waals surface area contributed by atoms with Crippen LogP contribution in [0.25, 0.3) is 0 Å². The molecule has 49 heavy (non-hydrogen) atoms. The van der Waals surface area contributed by atoms with Crippen LogP contribution in [0.3, 0.4) is 0 Å². The van der Waals surface area contributed by atoms with E-state index in [-0.39, 0.29) is 35.0 Å². The highest BCUT2D eigenvalue weighted by atomic mass is 32.2. The van der Waals surface area contributed by atoms with Gasteiger partial charge in [-0.15, -0.1) is 0 Å². The van der Waals surface area contributed by atoms with E-state index in [1.54, 1.807) is 4.90 Å². The van der Waals surface area contributed by atoms with Crippen molar-refractivity contribution in [3.05, 3.63) is 0 Å². The Hall–Kier alpha value is -2.70. The molecule has 0 bridgehead atoms. The summed E-state index contributed by atoms with van der Waals surface area (Å²) in [5.74, 6) is -1.91. The molecule has 0 aromatic rings. The van der Waals surface area contributed by atoms with Crippen molar-refractivity contribution < 1.29 is 32.4 Å². The summed E-state index contributed by atoms with van der Waals surface area (Å²) in [5, 5.41) is 11.1. The van der Waals surface area contributed by atoms with E-state index in [0.29, 0.717) is 51.5 Å². The molecule has 6 fully saturated rings. The highest BCUT2D eigenvalue weighted by Gasteiger charge is 2.69. The number of hydrogen-bond donors (Lipinski definition) is 4. The maximum atomic E-state index is 14.4. The molecule has 0 aromatic carbocycles. The predicted molar refractivity (Wildman–Crippen MR) is 184 cm³/mol. The fourth-order valence-electron chi connectivity index (χ4n) is 9.56. The second-order valence-corrected chi connectivity index (χ2v) is 18.8. The number of piperidine rings is 1. The quantitative estimate of drug-likeness (QED) is 0.308. The van der Waals surface area contributed by atoms with E-state index in [1.165, 1.54) is 0 Å². The van der Waals surface area contributed by atoms with Gasteiger partial charge < -0.3 is 26.2 Å². The molecular weight excluding hydrogens is 646 g/mol. The van der Waals surface area contributed by atoms with Gasteiger partial charge in [-0.1, -0.05) is 78.1 Å². The molecule has 3 heterocycles. The number of Topliss-reactive ketones (excluding diaryl/α,β-unsaturated/α-hetero) is 1. The van der Waals surface area contributed by atoms with E-state index < -0.39 is 62.4 Å². The lowest BCUT2D eigenvalue weighted by atomic mass is 9.78. The van der Waals surface area contributed by atoms with E-state index in [1.807, 2.05) is 0 Å². The lowest BCUT2D eigenvalue weighted by molar-refractivity contribution is -0.144. The first kappa shape index (κ1) is 36.1. The van der Waals surface area contributed by atoms with Crippen molar-refractivity contribution in [2.24, 2.45) is 17.3 Å². The average Bonchev–Trinajstić information content (AvgIpc) is 3.83. The topological polar surface area (TPSA) is 171 Å². The van der Waals surface area contributed by atoms with E-state index >= 15 is 0 Å². The monoisotopic (exact) mass is 703 g/mol. The molecule has 0 spiro atoms. The zero-order valence-corrected chi connectivity index (χ0v) is 30.2. The van der Waals surface area contributed by atoms with Gasteiger partial charge in [-0.2, -0.15) is 0 Å². The maximum Gasteiger partial charge on any atom is 0.315 e. The zero-order valence-electron chi connectivity index (χ0n) is 29.4. The van der Waals surface area contributed by atoms with Gasteiger partial charge in [0.1, 0.15) is 12.1 Å². The summed E-state index contributed by atoms with van der Waals surface area (Å²) in [4.78, 5) is 70.1. The van der Waals surface area contributed by atoms with Crippen LogP contribution in [0.1, 0.15) is 129 Å². The molecule has 12 nitrogen and oxygen atoms in total. The van der Waals surface area contributed by atoms with Crippen molar-refractivity contribution in [2.75, 3.05) is 12.3 Å². The minimum absolute atomic E-state index is 0.0199. The number of sulfone groups is 1. The smallest absolute Gasteiger partial charge is 0.315 e. The first-order valence-corrected chi connectivity index (χ1v) is 20.8. The number of amides is 5. The molecule has 274 valence electrons. The van der Waals surface area contributed by atoms with Crippen molar-refractivity contribution in [1.29, 1.82) is 0 Å². The van der Waals surface area contributed by atoms with Crippen molar-refractivity contribution in [3.8, 4) is 0 Å². The van der Waals surface area contributed by atoms with Crippen LogP contribution in [0, 0.1) is 17.3 Å². The minimum Gasteiger partial charge on any atom is -0.347 e. The molecule has 6 atom stereocenters. The standard InChI is InChI=1S/C36H57N5O7S/c1-35(2)24-22-41-29(28(24)35)31(43)38-25(30(42)32(44)37-23-17-18-23)14-9-6-4-3-5-7-10-15-26(33(41)45)39-34(46)40-36(19-11-8-12-20-36)27-16-13-21-49(27,47)48/h23-29H,3-22H2,1-2H3,(H,37,44)(H,38,43)(H2,39,40,46)/t24-,25+,26+,27+,28-,29-/m0/s1. The SMILES string of the molecule is CC1(C)[C@@H]2[C@H]3C(=O)N[C@@H](C(=O)C(=O)NC4CC4)CCCCCCCCC[C@@H](NC(=O)NC4([C@H]5CCCS5(=O)=O)CCCCC4)C(=O)N3C[C@@H]21. The van der Waals surface area contributed by atoms with E-state index in [2.05, 4.69) is 35.1 Å². The van der Waals surface area contributed by atoms with Gasteiger partial charge in [-0.25, -0.2) is 13.2 Å². The van der Waals surface area contributed by atoms with Crippen LogP contribution in [-0.4, -0.2) is 90.1 Å². The molecule has 3 aliphatic heterocycles. The molecule has 13 heteroatoms. The molecule has 3 saturated carbocycles. The van der Waals surface area contributed by atoms with Crippen LogP contribution >= 0.6 is 0 Å². The van der Waals surface area contributed by atoms with Gasteiger partial charge in [0, 0.05) is 12.6 Å². The highest BCUT2D eigenvalue weighted by Crippen LogP contribution is 2.65. The first-order valence-electron chi connectivity index (χ1n) is 19.1. The molecule has 6 aliphatic rings. The zero-order chi connectivity index (χ0) is 35.0. The Morgan fingerprint density at radius 1 is 0.796 bits per heavy atom. The lowest BCUT2D eigenvalue weighted by Gasteiger charge is -2.42. The molecular formula is C36H57N5O7S. The maximum absolute atomic E-state index is 14.4. The van der Waals surface area contributed by atoms with Crippen molar-refractivity contribution in [2.45, 2.75) is 164 Å². The Labute approximate surface area is 291 Å². The summed E-state index contributed by atoms with van der Waals surface area (Å²) in [6, 6.07) is -3.18. The number of rotatable bonds is 6. The lowest BCUT2D eigenvalue weighted by Crippen LogP contribution is -2.63. The third-order valence-electron chi connectivity index (χ3n) is 12.7. The summed E-state index contributed by atoms with van der Waals surface area (Å²) in [7, 11) is -3.33. The molecule has 0 aromatic heterocycles. The second-order valence-electron chi connectivity index (χ2n) is 16.5. The summed E-state index contributed by atoms with van der Waals surface area (Å²) in [5.41, 5.74) is -1.02. The van der Waals surface area contributed by atoms with Crippen molar-refractivity contribution in [3.63, 3.8) is 0 Å². The Morgan fingerprint density at radius 3 is 2.06 bits per heavy atom. The Morgan fingerprint density at radius 2 is 1.43 bits per heavy atom. The summed E-state index contributed by atoms with van der Waals surface area (Å²) < 4.78 is 26.2. The Bertz CT molecular complexity index is 1410. The Kier molecular flexibility index (Phi) is 10.7. The molecule has 4 N–H and O–H groups in total. The number of carbonyl (C=O) groups excluding carboxylic acids is 5. The van der Waals surface area contributed by atoms with Crippen molar-refractivity contribution >= 4 is 39.4 Å². The van der Waals surface area contributed by atoms with Crippen LogP contribution in [0.4, 0.5) is 4.79 Å². The Balaban J connectivity index is 1.22. The molecule has 5 amide bonds. The van der Waals surface area contributed by atoms with Gasteiger partial charge in [0.25, 0.3) is 5.91 Å². The highest BCUT2D eigenvalue weighted by molar-refractivity contribution is 7.92. The van der Waals surface area contributed by atoms with Gasteiger partial charge in [-0.05, 0) is 68.6 Å². The summed E-state index contributed by atoms with van der Waals surface area (Å²) >= 11 is 0. The van der Waals surface area contributed by atoms with Crippen LogP contribution in [0.15, 0.2) is 0 Å².